The van der Waals surface area contributed by atoms with Gasteiger partial charge < -0.3 is 10.3 Å². The first-order valence-corrected chi connectivity index (χ1v) is 8.28. The standard InChI is InChI=1S/C10H12N5O4PS/c11-10-13-8-7(9(16)14-10)12-4-15(8)6-2-1-5(21-6)3-19-20(17)18/h4-6H,1-3H2,(H3-,11,13,14,16,17,18)/p+1/t5-,6+/m0/s1. The third kappa shape index (κ3) is 2.93. The van der Waals surface area contributed by atoms with Gasteiger partial charge in [0.15, 0.2) is 11.2 Å². The van der Waals surface area contributed by atoms with E-state index in [1.807, 2.05) is 4.57 Å². The maximum absolute atomic E-state index is 11.7. The summed E-state index contributed by atoms with van der Waals surface area (Å²) in [5.41, 5.74) is 5.90. The smallest absolute Gasteiger partial charge is 0.369 e. The van der Waals surface area contributed by atoms with Crippen molar-refractivity contribution in [3.63, 3.8) is 0 Å². The zero-order valence-electron chi connectivity index (χ0n) is 10.8. The number of nitrogen functional groups attached to an aromatic ring is 1. The van der Waals surface area contributed by atoms with Crippen LogP contribution in [-0.4, -0.2) is 36.3 Å². The summed E-state index contributed by atoms with van der Waals surface area (Å²) in [4.78, 5) is 31.0. The lowest BCUT2D eigenvalue weighted by molar-refractivity contribution is 0.280. The Hall–Kier alpha value is -1.48. The first kappa shape index (κ1) is 14.5. The summed E-state index contributed by atoms with van der Waals surface area (Å²) >= 11 is 1.60. The molecule has 21 heavy (non-hydrogen) atoms. The first-order valence-electron chi connectivity index (χ1n) is 6.21. The summed E-state index contributed by atoms with van der Waals surface area (Å²) < 4.78 is 17.1. The molecule has 1 saturated heterocycles. The van der Waals surface area contributed by atoms with Crippen molar-refractivity contribution in [1.82, 2.24) is 19.5 Å². The highest BCUT2D eigenvalue weighted by Crippen LogP contribution is 2.43. The second-order valence-electron chi connectivity index (χ2n) is 4.60. The Morgan fingerprint density at radius 1 is 1.62 bits per heavy atom. The summed E-state index contributed by atoms with van der Waals surface area (Å²) in [6.07, 6.45) is 3.25. The molecule has 0 aromatic carbocycles. The first-order chi connectivity index (χ1) is 10.0. The number of hydrogen-bond donors (Lipinski definition) is 3. The van der Waals surface area contributed by atoms with Crippen molar-refractivity contribution < 1.29 is 14.0 Å². The number of nitrogens with zero attached hydrogens (tertiary/aromatic N) is 3. The molecule has 0 radical (unpaired) electrons. The Morgan fingerprint density at radius 3 is 3.19 bits per heavy atom. The maximum Gasteiger partial charge on any atom is 0.694 e. The number of hydrogen-bond acceptors (Lipinski definition) is 7. The van der Waals surface area contributed by atoms with Crippen molar-refractivity contribution >= 4 is 37.1 Å². The fourth-order valence-electron chi connectivity index (χ4n) is 2.31. The van der Waals surface area contributed by atoms with Crippen molar-refractivity contribution in [1.29, 1.82) is 0 Å². The molecule has 2 aromatic rings. The molecule has 0 amide bonds. The molecule has 11 heteroatoms. The van der Waals surface area contributed by atoms with Crippen LogP contribution in [0.15, 0.2) is 11.1 Å². The van der Waals surface area contributed by atoms with Crippen molar-refractivity contribution in [2.45, 2.75) is 23.5 Å². The monoisotopic (exact) mass is 330 g/mol. The van der Waals surface area contributed by atoms with Crippen LogP contribution in [0.4, 0.5) is 5.95 Å². The van der Waals surface area contributed by atoms with E-state index < -0.39 is 8.25 Å². The molecule has 0 spiro atoms. The molecule has 4 N–H and O–H groups in total. The van der Waals surface area contributed by atoms with Gasteiger partial charge >= 0.3 is 8.25 Å². The lowest BCUT2D eigenvalue weighted by Crippen LogP contribution is -2.13. The molecule has 112 valence electrons. The fraction of sp³-hybridized carbons (Fsp3) is 0.500. The number of rotatable bonds is 4. The number of aromatic amines is 1. The maximum atomic E-state index is 11.7. The van der Waals surface area contributed by atoms with Crippen LogP contribution in [0.5, 0.6) is 0 Å². The van der Waals surface area contributed by atoms with Crippen LogP contribution < -0.4 is 11.3 Å². The number of nitrogens with one attached hydrogen (secondary N) is 1. The fourth-order valence-corrected chi connectivity index (χ4v) is 4.14. The molecule has 9 nitrogen and oxygen atoms in total. The van der Waals surface area contributed by atoms with E-state index in [1.54, 1.807) is 18.1 Å². The van der Waals surface area contributed by atoms with Gasteiger partial charge in [-0.25, -0.2) is 4.98 Å². The van der Waals surface area contributed by atoms with Crippen LogP contribution in [0.2, 0.25) is 0 Å². The molecule has 1 aliphatic heterocycles. The van der Waals surface area contributed by atoms with E-state index in [2.05, 4.69) is 15.0 Å². The summed E-state index contributed by atoms with van der Waals surface area (Å²) in [5.74, 6) is 0.0504. The van der Waals surface area contributed by atoms with Gasteiger partial charge in [-0.3, -0.25) is 9.78 Å². The Bertz CT molecular complexity index is 747. The largest absolute Gasteiger partial charge is 0.694 e. The molecule has 2 aromatic heterocycles. The number of aromatic nitrogens is 4. The average molecular weight is 330 g/mol. The van der Waals surface area contributed by atoms with E-state index in [-0.39, 0.29) is 34.3 Å². The minimum absolute atomic E-state index is 0.0499. The SMILES string of the molecule is Nc1nc2c(ncn2[C@H]2CC[C@@H](CO[P+](=O)O)S2)c(=O)[nH]1. The van der Waals surface area contributed by atoms with Crippen LogP contribution in [0, 0.1) is 0 Å². The van der Waals surface area contributed by atoms with E-state index in [4.69, 9.17) is 15.2 Å². The van der Waals surface area contributed by atoms with Gasteiger partial charge in [-0.1, -0.05) is 0 Å². The van der Waals surface area contributed by atoms with Crippen LogP contribution in [0.1, 0.15) is 18.2 Å². The average Bonchev–Trinajstić information content (AvgIpc) is 3.02. The molecule has 1 fully saturated rings. The predicted octanol–water partition coefficient (Wildman–Crippen LogP) is 0.762. The highest BCUT2D eigenvalue weighted by Gasteiger charge is 2.30. The minimum Gasteiger partial charge on any atom is -0.369 e. The third-order valence-electron chi connectivity index (χ3n) is 3.22. The number of thioether (sulfide) groups is 1. The summed E-state index contributed by atoms with van der Waals surface area (Å²) in [5, 5.41) is 0.173. The van der Waals surface area contributed by atoms with Crippen LogP contribution in [0.3, 0.4) is 0 Å². The van der Waals surface area contributed by atoms with E-state index >= 15 is 0 Å². The molecule has 3 atom stereocenters. The Kier molecular flexibility index (Phi) is 3.94. The molecule has 0 bridgehead atoms. The van der Waals surface area contributed by atoms with E-state index in [0.717, 1.165) is 12.8 Å². The zero-order chi connectivity index (χ0) is 15.0. The summed E-state index contributed by atoms with van der Waals surface area (Å²) in [6.45, 7) is 0.218. The molecular weight excluding hydrogens is 317 g/mol. The number of anilines is 1. The van der Waals surface area contributed by atoms with Crippen molar-refractivity contribution in [3.05, 3.63) is 16.7 Å². The highest BCUT2D eigenvalue weighted by molar-refractivity contribution is 8.00. The minimum atomic E-state index is -2.57. The van der Waals surface area contributed by atoms with E-state index in [1.165, 1.54) is 0 Å². The van der Waals surface area contributed by atoms with Crippen LogP contribution >= 0.6 is 20.0 Å². The van der Waals surface area contributed by atoms with Crippen molar-refractivity contribution in [2.75, 3.05) is 12.3 Å². The molecule has 0 saturated carbocycles. The molecule has 1 aliphatic rings. The van der Waals surface area contributed by atoms with Gasteiger partial charge in [-0.2, -0.15) is 4.98 Å². The highest BCUT2D eigenvalue weighted by atomic mass is 32.2. The summed E-state index contributed by atoms with van der Waals surface area (Å²) in [7, 11) is -2.57. The van der Waals surface area contributed by atoms with Gasteiger partial charge in [-0.15, -0.1) is 21.2 Å². The second-order valence-corrected chi connectivity index (χ2v) is 6.82. The normalized spacial score (nSPS) is 22.8. The number of imidazole rings is 1. The molecule has 0 aliphatic carbocycles. The molecule has 3 rings (SSSR count). The topological polar surface area (TPSA) is 136 Å². The van der Waals surface area contributed by atoms with E-state index in [0.29, 0.717) is 5.65 Å². The van der Waals surface area contributed by atoms with Gasteiger partial charge in [0.25, 0.3) is 5.56 Å². The van der Waals surface area contributed by atoms with Gasteiger partial charge in [0.1, 0.15) is 6.61 Å². The number of nitrogens with two attached hydrogens (primary N) is 1. The van der Waals surface area contributed by atoms with Gasteiger partial charge in [-0.05, 0) is 12.8 Å². The quantitative estimate of drug-likeness (QED) is 0.699. The Balaban J connectivity index is 1.82. The predicted molar refractivity (Wildman–Crippen MR) is 78.0 cm³/mol. The van der Waals surface area contributed by atoms with E-state index in [9.17, 15) is 9.36 Å². The van der Waals surface area contributed by atoms with Crippen molar-refractivity contribution in [3.8, 4) is 0 Å². The van der Waals surface area contributed by atoms with Gasteiger partial charge in [0.2, 0.25) is 5.95 Å². The van der Waals surface area contributed by atoms with Gasteiger partial charge in [0, 0.05) is 9.81 Å². The lowest BCUT2D eigenvalue weighted by Gasteiger charge is -2.12. The molecule has 3 heterocycles. The van der Waals surface area contributed by atoms with Gasteiger partial charge in [0.05, 0.1) is 11.7 Å². The second kappa shape index (κ2) is 5.72. The third-order valence-corrected chi connectivity index (χ3v) is 5.12. The Labute approximate surface area is 123 Å². The molecular formula is C10H13N5O4PS+. The molecule has 1 unspecified atom stereocenters. The van der Waals surface area contributed by atoms with Crippen LogP contribution in [0.25, 0.3) is 11.2 Å². The number of H-pyrrole nitrogens is 1. The zero-order valence-corrected chi connectivity index (χ0v) is 12.5. The summed E-state index contributed by atoms with van der Waals surface area (Å²) in [6, 6.07) is 0. The number of fused-ring (bicyclic) bond motifs is 1. The Morgan fingerprint density at radius 2 is 2.43 bits per heavy atom. The van der Waals surface area contributed by atoms with Crippen molar-refractivity contribution in [2.24, 2.45) is 0 Å². The van der Waals surface area contributed by atoms with Crippen LogP contribution in [-0.2, 0) is 9.09 Å². The lowest BCUT2D eigenvalue weighted by atomic mass is 10.2.